The first-order chi connectivity index (χ1) is 13.0. The van der Waals surface area contributed by atoms with E-state index in [0.29, 0.717) is 12.1 Å². The van der Waals surface area contributed by atoms with Crippen LogP contribution >= 0.6 is 0 Å². The molecule has 2 rings (SSSR count). The molecule has 28 heavy (non-hydrogen) atoms. The zero-order chi connectivity index (χ0) is 20.9. The highest BCUT2D eigenvalue weighted by molar-refractivity contribution is 5.35. The molecule has 1 aliphatic heterocycles. The average Bonchev–Trinajstić information content (AvgIpc) is 2.57. The van der Waals surface area contributed by atoms with Gasteiger partial charge in [0.25, 0.3) is 6.29 Å². The molecule has 158 valence electrons. The lowest BCUT2D eigenvalue weighted by molar-refractivity contribution is -0.352. The summed E-state index contributed by atoms with van der Waals surface area (Å²) in [6, 6.07) is 0.687. The number of rotatable bonds is 7. The summed E-state index contributed by atoms with van der Waals surface area (Å²) in [5.74, 6) is -5.25. The van der Waals surface area contributed by atoms with Gasteiger partial charge in [0, 0.05) is 18.1 Å². The molecule has 0 radical (unpaired) electrons. The van der Waals surface area contributed by atoms with Crippen LogP contribution in [0.4, 0.5) is 30.7 Å². The van der Waals surface area contributed by atoms with Crippen molar-refractivity contribution in [1.29, 1.82) is 0 Å². The summed E-state index contributed by atoms with van der Waals surface area (Å²) in [5, 5.41) is 0. The number of hydrogen-bond acceptors (Lipinski definition) is 4. The topological polar surface area (TPSA) is 36.9 Å². The molecule has 0 saturated carbocycles. The predicted octanol–water partition coefficient (Wildman–Crippen LogP) is 5.18. The SMILES string of the molecule is CCCC1COC(C(F)(F)Oc2cc(F)c(OC=CC(F)(F)F)c(F)c2)OC1. The Balaban J connectivity index is 2.04. The van der Waals surface area contributed by atoms with E-state index in [1.807, 2.05) is 6.92 Å². The highest BCUT2D eigenvalue weighted by atomic mass is 19.4. The Kier molecular flexibility index (Phi) is 7.16. The second kappa shape index (κ2) is 8.99. The minimum Gasteiger partial charge on any atom is -0.459 e. The highest BCUT2D eigenvalue weighted by Gasteiger charge is 2.47. The lowest BCUT2D eigenvalue weighted by atomic mass is 10.1. The molecule has 0 spiro atoms. The molecule has 0 unspecified atom stereocenters. The standard InChI is InChI=1S/C17H17F7O4/c1-2-3-10-8-26-15(27-9-10)17(23,24)28-11-6-12(18)14(13(19)7-11)25-5-4-16(20,21)22/h4-7,10,15H,2-3,8-9H2,1H3. The molecule has 1 fully saturated rings. The Morgan fingerprint density at radius 1 is 1.07 bits per heavy atom. The Morgan fingerprint density at radius 3 is 2.14 bits per heavy atom. The van der Waals surface area contributed by atoms with Crippen molar-refractivity contribution < 1.29 is 49.7 Å². The molecule has 4 nitrogen and oxygen atoms in total. The van der Waals surface area contributed by atoms with Gasteiger partial charge in [0.1, 0.15) is 5.75 Å². The Morgan fingerprint density at radius 2 is 1.64 bits per heavy atom. The molecule has 0 aliphatic carbocycles. The van der Waals surface area contributed by atoms with Gasteiger partial charge in [0.2, 0.25) is 0 Å². The largest absolute Gasteiger partial charge is 0.459 e. The quantitative estimate of drug-likeness (QED) is 0.452. The van der Waals surface area contributed by atoms with Crippen molar-refractivity contribution in [2.45, 2.75) is 38.3 Å². The van der Waals surface area contributed by atoms with Crippen molar-refractivity contribution in [1.82, 2.24) is 0 Å². The first-order valence-electron chi connectivity index (χ1n) is 8.22. The Hall–Kier alpha value is -2.01. The first kappa shape index (κ1) is 22.3. The van der Waals surface area contributed by atoms with Crippen LogP contribution in [-0.4, -0.2) is 31.8 Å². The van der Waals surface area contributed by atoms with Crippen LogP contribution in [0.1, 0.15) is 19.8 Å². The third-order valence-corrected chi connectivity index (χ3v) is 3.61. The maximum atomic E-state index is 14.1. The van der Waals surface area contributed by atoms with Crippen LogP contribution in [0.15, 0.2) is 24.5 Å². The normalized spacial score (nSPS) is 21.1. The maximum absolute atomic E-state index is 14.1. The number of hydrogen-bond donors (Lipinski definition) is 0. The Labute approximate surface area is 155 Å². The van der Waals surface area contributed by atoms with E-state index in [-0.39, 0.29) is 25.4 Å². The monoisotopic (exact) mass is 418 g/mol. The summed E-state index contributed by atoms with van der Waals surface area (Å²) < 4.78 is 110. The molecule has 0 amide bonds. The molecular formula is C17H17F7O4. The molecule has 1 aliphatic rings. The summed E-state index contributed by atoms with van der Waals surface area (Å²) in [5.41, 5.74) is 0. The van der Waals surface area contributed by atoms with Crippen LogP contribution in [0.2, 0.25) is 0 Å². The summed E-state index contributed by atoms with van der Waals surface area (Å²) >= 11 is 0. The van der Waals surface area contributed by atoms with Gasteiger partial charge in [-0.15, -0.1) is 0 Å². The smallest absolute Gasteiger partial charge is 0.451 e. The van der Waals surface area contributed by atoms with Crippen molar-refractivity contribution >= 4 is 0 Å². The minimum absolute atomic E-state index is 0.0124. The van der Waals surface area contributed by atoms with E-state index in [2.05, 4.69) is 9.47 Å². The van der Waals surface area contributed by atoms with E-state index in [1.54, 1.807) is 0 Å². The molecular weight excluding hydrogens is 401 g/mol. The van der Waals surface area contributed by atoms with Crippen LogP contribution in [0.3, 0.4) is 0 Å². The van der Waals surface area contributed by atoms with Gasteiger partial charge in [-0.3, -0.25) is 0 Å². The summed E-state index contributed by atoms with van der Waals surface area (Å²) in [7, 11) is 0. The van der Waals surface area contributed by atoms with Crippen LogP contribution in [0.5, 0.6) is 11.5 Å². The van der Waals surface area contributed by atoms with Crippen LogP contribution in [-0.2, 0) is 9.47 Å². The van der Waals surface area contributed by atoms with Gasteiger partial charge < -0.3 is 18.9 Å². The minimum atomic E-state index is -4.76. The zero-order valence-electron chi connectivity index (χ0n) is 14.6. The van der Waals surface area contributed by atoms with E-state index in [1.165, 1.54) is 0 Å². The average molecular weight is 418 g/mol. The summed E-state index contributed by atoms with van der Waals surface area (Å²) in [6.07, 6.45) is -9.72. The first-order valence-corrected chi connectivity index (χ1v) is 8.22. The van der Waals surface area contributed by atoms with Crippen LogP contribution in [0.25, 0.3) is 0 Å². The number of allylic oxidation sites excluding steroid dienone is 1. The molecule has 1 aromatic rings. The van der Waals surface area contributed by atoms with E-state index in [9.17, 15) is 30.7 Å². The van der Waals surface area contributed by atoms with E-state index in [0.717, 1.165) is 12.8 Å². The van der Waals surface area contributed by atoms with Crippen molar-refractivity contribution in [3.63, 3.8) is 0 Å². The third-order valence-electron chi connectivity index (χ3n) is 3.61. The van der Waals surface area contributed by atoms with Gasteiger partial charge in [-0.1, -0.05) is 13.3 Å². The van der Waals surface area contributed by atoms with Gasteiger partial charge in [0.05, 0.1) is 25.6 Å². The number of alkyl halides is 5. The number of benzene rings is 1. The van der Waals surface area contributed by atoms with Crippen molar-refractivity contribution in [3.8, 4) is 11.5 Å². The van der Waals surface area contributed by atoms with E-state index in [4.69, 9.17) is 9.47 Å². The van der Waals surface area contributed by atoms with Crippen molar-refractivity contribution in [2.24, 2.45) is 5.92 Å². The van der Waals surface area contributed by atoms with Gasteiger partial charge >= 0.3 is 12.3 Å². The number of ether oxygens (including phenoxy) is 4. The molecule has 1 saturated heterocycles. The van der Waals surface area contributed by atoms with Gasteiger partial charge in [0.15, 0.2) is 17.4 Å². The fourth-order valence-electron chi connectivity index (χ4n) is 2.40. The van der Waals surface area contributed by atoms with Gasteiger partial charge in [-0.2, -0.15) is 22.0 Å². The van der Waals surface area contributed by atoms with Crippen molar-refractivity contribution in [3.05, 3.63) is 36.1 Å². The molecule has 1 aromatic carbocycles. The highest BCUT2D eigenvalue weighted by Crippen LogP contribution is 2.34. The van der Waals surface area contributed by atoms with Crippen LogP contribution < -0.4 is 9.47 Å². The number of halogens is 7. The molecule has 0 N–H and O–H groups in total. The van der Waals surface area contributed by atoms with E-state index < -0.39 is 47.8 Å². The maximum Gasteiger partial charge on any atom is 0.451 e. The van der Waals surface area contributed by atoms with Gasteiger partial charge in [-0.05, 0) is 6.42 Å². The van der Waals surface area contributed by atoms with Crippen LogP contribution in [0, 0.1) is 17.6 Å². The zero-order valence-corrected chi connectivity index (χ0v) is 14.6. The summed E-state index contributed by atoms with van der Waals surface area (Å²) in [4.78, 5) is 0. The lowest BCUT2D eigenvalue weighted by Crippen LogP contribution is -2.47. The fourth-order valence-corrected chi connectivity index (χ4v) is 2.40. The molecule has 11 heteroatoms. The van der Waals surface area contributed by atoms with Gasteiger partial charge in [-0.25, -0.2) is 8.78 Å². The third kappa shape index (κ3) is 6.26. The van der Waals surface area contributed by atoms with E-state index >= 15 is 0 Å². The second-order valence-electron chi connectivity index (χ2n) is 6.00. The molecule has 0 atom stereocenters. The second-order valence-corrected chi connectivity index (χ2v) is 6.00. The molecule has 0 bridgehead atoms. The lowest BCUT2D eigenvalue weighted by Gasteiger charge is -2.33. The molecule has 0 aromatic heterocycles. The Bertz CT molecular complexity index is 660. The van der Waals surface area contributed by atoms with Crippen molar-refractivity contribution in [2.75, 3.05) is 13.2 Å². The predicted molar refractivity (Wildman–Crippen MR) is 81.8 cm³/mol. The molecule has 1 heterocycles. The summed E-state index contributed by atoms with van der Waals surface area (Å²) in [6.45, 7) is 1.94. The fraction of sp³-hybridized carbons (Fsp3) is 0.529.